The van der Waals surface area contributed by atoms with E-state index in [4.69, 9.17) is 18.0 Å². The molecule has 0 atom stereocenters. The van der Waals surface area contributed by atoms with Gasteiger partial charge in [-0.25, -0.2) is 0 Å². The lowest BCUT2D eigenvalue weighted by Crippen LogP contribution is -2.41. The molecule has 0 aromatic rings. The zero-order chi connectivity index (χ0) is 12.5. The molecule has 0 aromatic carbocycles. The second kappa shape index (κ2) is 4.82. The number of thiocarbonyl (C=S) groups is 1. The van der Waals surface area contributed by atoms with E-state index in [1.807, 2.05) is 0 Å². The topological polar surface area (TPSA) is 49.5 Å². The van der Waals surface area contributed by atoms with Gasteiger partial charge in [0.05, 0.1) is 10.6 Å². The highest BCUT2D eigenvalue weighted by molar-refractivity contribution is 7.80. The number of rotatable bonds is 6. The fraction of sp³-hybridized carbons (Fsp3) is 0.923. The molecule has 3 nitrogen and oxygen atoms in total. The summed E-state index contributed by atoms with van der Waals surface area (Å²) in [6.45, 7) is 1.82. The Hall–Kier alpha value is -0.190. The van der Waals surface area contributed by atoms with Crippen LogP contribution in [0.2, 0.25) is 0 Å². The van der Waals surface area contributed by atoms with E-state index in [0.29, 0.717) is 10.4 Å². The van der Waals surface area contributed by atoms with E-state index < -0.39 is 5.60 Å². The molecule has 0 bridgehead atoms. The second-order valence-electron chi connectivity index (χ2n) is 6.25. The van der Waals surface area contributed by atoms with Gasteiger partial charge in [0.2, 0.25) is 0 Å². The summed E-state index contributed by atoms with van der Waals surface area (Å²) in [4.78, 5) is 2.91. The highest BCUT2D eigenvalue weighted by Gasteiger charge is 2.44. The molecule has 2 rings (SSSR count). The summed E-state index contributed by atoms with van der Waals surface area (Å²) in [5.74, 6) is 0. The third-order valence-corrected chi connectivity index (χ3v) is 4.35. The zero-order valence-corrected chi connectivity index (χ0v) is 11.6. The number of nitrogens with zero attached hydrogens (tertiary/aromatic N) is 1. The van der Waals surface area contributed by atoms with Crippen molar-refractivity contribution in [1.82, 2.24) is 4.90 Å². The van der Waals surface area contributed by atoms with Gasteiger partial charge in [0.25, 0.3) is 0 Å². The van der Waals surface area contributed by atoms with Crippen LogP contribution in [0.1, 0.15) is 44.9 Å². The Kier molecular flexibility index (Phi) is 3.76. The average Bonchev–Trinajstić information content (AvgIpc) is 2.76. The van der Waals surface area contributed by atoms with Gasteiger partial charge in [-0.1, -0.05) is 25.1 Å². The minimum absolute atomic E-state index is 0.329. The van der Waals surface area contributed by atoms with Crippen LogP contribution >= 0.6 is 12.2 Å². The van der Waals surface area contributed by atoms with E-state index in [-0.39, 0.29) is 0 Å². The maximum Gasteiger partial charge on any atom is 0.0774 e. The molecule has 0 saturated heterocycles. The quantitative estimate of drug-likeness (QED) is 0.710. The molecule has 17 heavy (non-hydrogen) atoms. The van der Waals surface area contributed by atoms with Crippen LogP contribution in [0.4, 0.5) is 0 Å². The van der Waals surface area contributed by atoms with Crippen LogP contribution < -0.4 is 5.73 Å². The maximum absolute atomic E-state index is 10.4. The van der Waals surface area contributed by atoms with Gasteiger partial charge in [0, 0.05) is 19.5 Å². The fourth-order valence-electron chi connectivity index (χ4n) is 3.26. The van der Waals surface area contributed by atoms with Crippen LogP contribution in [0.25, 0.3) is 0 Å². The molecule has 98 valence electrons. The lowest BCUT2D eigenvalue weighted by molar-refractivity contribution is 0.0121. The molecular weight excluding hydrogens is 232 g/mol. The normalized spacial score (nSPS) is 25.1. The molecule has 2 aliphatic carbocycles. The van der Waals surface area contributed by atoms with Crippen LogP contribution in [0, 0.1) is 5.41 Å². The van der Waals surface area contributed by atoms with Gasteiger partial charge in [-0.05, 0) is 38.1 Å². The molecule has 2 saturated carbocycles. The first-order chi connectivity index (χ1) is 7.93. The van der Waals surface area contributed by atoms with Crippen molar-refractivity contribution in [2.45, 2.75) is 50.5 Å². The van der Waals surface area contributed by atoms with E-state index in [1.54, 1.807) is 0 Å². The van der Waals surface area contributed by atoms with Crippen LogP contribution in [-0.4, -0.2) is 40.7 Å². The summed E-state index contributed by atoms with van der Waals surface area (Å²) in [6, 6.07) is 0. The number of nitrogens with two attached hydrogens (primary N) is 1. The molecular formula is C13H24N2OS. The Bertz CT molecular complexity index is 296. The Morgan fingerprint density at radius 3 is 2.29 bits per heavy atom. The Morgan fingerprint density at radius 2 is 1.82 bits per heavy atom. The predicted octanol–water partition coefficient (Wildman–Crippen LogP) is 1.68. The SMILES string of the molecule is CN(CC1(O)CCCC1)CC1(CC(N)=S)CC1. The minimum Gasteiger partial charge on any atom is -0.393 e. The number of hydrogen-bond acceptors (Lipinski definition) is 3. The van der Waals surface area contributed by atoms with Crippen molar-refractivity contribution in [3.05, 3.63) is 0 Å². The van der Waals surface area contributed by atoms with Crippen LogP contribution in [-0.2, 0) is 0 Å². The minimum atomic E-state index is -0.436. The molecule has 0 unspecified atom stereocenters. The Morgan fingerprint density at radius 1 is 1.24 bits per heavy atom. The van der Waals surface area contributed by atoms with E-state index >= 15 is 0 Å². The van der Waals surface area contributed by atoms with Gasteiger partial charge in [0.1, 0.15) is 0 Å². The summed E-state index contributed by atoms with van der Waals surface area (Å²) in [5.41, 5.74) is 5.54. The molecule has 0 aromatic heterocycles. The smallest absolute Gasteiger partial charge is 0.0774 e. The molecule has 0 radical (unpaired) electrons. The fourth-order valence-corrected chi connectivity index (χ4v) is 3.57. The molecule has 0 heterocycles. The number of aliphatic hydroxyl groups is 1. The largest absolute Gasteiger partial charge is 0.393 e. The van der Waals surface area contributed by atoms with Crippen molar-refractivity contribution in [1.29, 1.82) is 0 Å². The highest BCUT2D eigenvalue weighted by atomic mass is 32.1. The molecule has 0 spiro atoms. The molecule has 2 fully saturated rings. The van der Waals surface area contributed by atoms with Gasteiger partial charge in [-0.3, -0.25) is 0 Å². The van der Waals surface area contributed by atoms with Gasteiger partial charge in [0.15, 0.2) is 0 Å². The lowest BCUT2D eigenvalue weighted by atomic mass is 9.98. The Labute approximate surface area is 109 Å². The van der Waals surface area contributed by atoms with Crippen molar-refractivity contribution < 1.29 is 5.11 Å². The number of likely N-dealkylation sites (N-methyl/N-ethyl adjacent to an activating group) is 1. The summed E-state index contributed by atoms with van der Waals surface area (Å²) < 4.78 is 0. The summed E-state index contributed by atoms with van der Waals surface area (Å²) in [5, 5.41) is 10.4. The van der Waals surface area contributed by atoms with Gasteiger partial charge in [-0.2, -0.15) is 0 Å². The molecule has 3 N–H and O–H groups in total. The molecule has 4 heteroatoms. The highest BCUT2D eigenvalue weighted by Crippen LogP contribution is 2.49. The average molecular weight is 256 g/mol. The molecule has 0 amide bonds. The van der Waals surface area contributed by atoms with E-state index in [2.05, 4.69) is 11.9 Å². The van der Waals surface area contributed by atoms with Crippen LogP contribution in [0.3, 0.4) is 0 Å². The van der Waals surface area contributed by atoms with Gasteiger partial charge < -0.3 is 15.7 Å². The first-order valence-electron chi connectivity index (χ1n) is 6.62. The first kappa shape index (κ1) is 13.2. The summed E-state index contributed by atoms with van der Waals surface area (Å²) in [7, 11) is 2.11. The predicted molar refractivity (Wildman–Crippen MR) is 74.0 cm³/mol. The van der Waals surface area contributed by atoms with Crippen LogP contribution in [0.5, 0.6) is 0 Å². The van der Waals surface area contributed by atoms with Crippen molar-refractivity contribution in [3.63, 3.8) is 0 Å². The third kappa shape index (κ3) is 3.63. The second-order valence-corrected chi connectivity index (χ2v) is 6.77. The Balaban J connectivity index is 1.81. The standard InChI is InChI=1S/C13H24N2OS/c1-15(10-13(16)4-2-3-5-13)9-12(6-7-12)8-11(14)17/h16H,2-10H2,1H3,(H2,14,17). The monoisotopic (exact) mass is 256 g/mol. The maximum atomic E-state index is 10.4. The summed E-state index contributed by atoms with van der Waals surface area (Å²) in [6.07, 6.45) is 7.58. The molecule has 0 aliphatic heterocycles. The van der Waals surface area contributed by atoms with Crippen molar-refractivity contribution in [2.24, 2.45) is 11.1 Å². The van der Waals surface area contributed by atoms with E-state index in [0.717, 1.165) is 32.4 Å². The first-order valence-corrected chi connectivity index (χ1v) is 7.03. The van der Waals surface area contributed by atoms with Gasteiger partial charge in [-0.15, -0.1) is 0 Å². The van der Waals surface area contributed by atoms with Crippen molar-refractivity contribution >= 4 is 17.2 Å². The zero-order valence-electron chi connectivity index (χ0n) is 10.7. The molecule has 2 aliphatic rings. The van der Waals surface area contributed by atoms with Crippen molar-refractivity contribution in [3.8, 4) is 0 Å². The van der Waals surface area contributed by atoms with E-state index in [9.17, 15) is 5.11 Å². The third-order valence-electron chi connectivity index (χ3n) is 4.21. The number of hydrogen-bond donors (Lipinski definition) is 2. The lowest BCUT2D eigenvalue weighted by Gasteiger charge is -2.31. The van der Waals surface area contributed by atoms with Crippen molar-refractivity contribution in [2.75, 3.05) is 20.1 Å². The van der Waals surface area contributed by atoms with Crippen LogP contribution in [0.15, 0.2) is 0 Å². The summed E-state index contributed by atoms with van der Waals surface area (Å²) >= 11 is 5.01. The van der Waals surface area contributed by atoms with Gasteiger partial charge >= 0.3 is 0 Å². The van der Waals surface area contributed by atoms with E-state index in [1.165, 1.54) is 25.7 Å².